The van der Waals surface area contributed by atoms with Gasteiger partial charge in [0.2, 0.25) is 0 Å². The summed E-state index contributed by atoms with van der Waals surface area (Å²) in [6.45, 7) is 0. The number of rotatable bonds is 4. The van der Waals surface area contributed by atoms with E-state index in [1.165, 1.54) is 24.0 Å². The quantitative estimate of drug-likeness (QED) is 0.849. The maximum absolute atomic E-state index is 13.6. The van der Waals surface area contributed by atoms with Crippen LogP contribution in [0.2, 0.25) is 0 Å². The molecule has 22 heavy (non-hydrogen) atoms. The van der Waals surface area contributed by atoms with Gasteiger partial charge in [-0.25, -0.2) is 13.8 Å². The highest BCUT2D eigenvalue weighted by Gasteiger charge is 2.29. The van der Waals surface area contributed by atoms with Crippen LogP contribution in [0.5, 0.6) is 0 Å². The van der Waals surface area contributed by atoms with Crippen LogP contribution >= 0.6 is 11.8 Å². The third-order valence-corrected chi connectivity index (χ3v) is 4.20. The van der Waals surface area contributed by atoms with Crippen molar-refractivity contribution >= 4 is 28.4 Å². The number of hydrogen-bond acceptors (Lipinski definition) is 4. The molecule has 1 saturated carbocycles. The van der Waals surface area contributed by atoms with Gasteiger partial charge < -0.3 is 16.0 Å². The molecule has 116 valence electrons. The molecule has 0 unspecified atom stereocenters. The van der Waals surface area contributed by atoms with Crippen molar-refractivity contribution in [2.75, 3.05) is 6.26 Å². The summed E-state index contributed by atoms with van der Waals surface area (Å²) in [5.41, 5.74) is 13.2. The Hall–Kier alpha value is -2.02. The fourth-order valence-electron chi connectivity index (χ4n) is 2.40. The minimum atomic E-state index is -0.906. The summed E-state index contributed by atoms with van der Waals surface area (Å²) in [6.07, 6.45) is 6.95. The largest absolute Gasteiger partial charge is 0.404 e. The topological polar surface area (TPSA) is 69.9 Å². The molecule has 7 heteroatoms. The first-order valence-electron chi connectivity index (χ1n) is 6.85. The van der Waals surface area contributed by atoms with Crippen LogP contribution < -0.4 is 11.5 Å². The minimum absolute atomic E-state index is 0.240. The number of aromatic nitrogens is 2. The number of nitrogens with two attached hydrogens (primary N) is 2. The van der Waals surface area contributed by atoms with E-state index in [4.69, 9.17) is 11.5 Å². The van der Waals surface area contributed by atoms with E-state index >= 15 is 0 Å². The van der Waals surface area contributed by atoms with Crippen LogP contribution in [-0.2, 0) is 0 Å². The summed E-state index contributed by atoms with van der Waals surface area (Å²) in [4.78, 5) is 4.43. The van der Waals surface area contributed by atoms with Crippen molar-refractivity contribution in [3.05, 3.63) is 46.9 Å². The Kier molecular flexibility index (Phi) is 3.82. The molecule has 0 aliphatic heterocycles. The molecule has 4 nitrogen and oxygen atoms in total. The van der Waals surface area contributed by atoms with Crippen LogP contribution in [0.3, 0.4) is 0 Å². The van der Waals surface area contributed by atoms with Crippen molar-refractivity contribution < 1.29 is 8.78 Å². The van der Waals surface area contributed by atoms with Crippen molar-refractivity contribution in [2.24, 2.45) is 11.5 Å². The Morgan fingerprint density at radius 1 is 1.36 bits per heavy atom. The zero-order chi connectivity index (χ0) is 15.9. The Morgan fingerprint density at radius 2 is 2.05 bits per heavy atom. The van der Waals surface area contributed by atoms with Crippen LogP contribution in [0.4, 0.5) is 8.78 Å². The number of allylic oxidation sites excluding steroid dienone is 2. The van der Waals surface area contributed by atoms with E-state index in [0.29, 0.717) is 27.5 Å². The minimum Gasteiger partial charge on any atom is -0.404 e. The predicted molar refractivity (Wildman–Crippen MR) is 85.9 cm³/mol. The first-order chi connectivity index (χ1) is 10.5. The van der Waals surface area contributed by atoms with E-state index in [0.717, 1.165) is 18.9 Å². The highest BCUT2D eigenvalue weighted by atomic mass is 32.2. The molecule has 1 heterocycles. The van der Waals surface area contributed by atoms with E-state index in [1.54, 1.807) is 6.08 Å². The van der Waals surface area contributed by atoms with Gasteiger partial charge in [0.05, 0.1) is 16.1 Å². The maximum Gasteiger partial charge on any atom is 0.161 e. The van der Waals surface area contributed by atoms with E-state index < -0.39 is 11.6 Å². The molecule has 1 aromatic carbocycles. The smallest absolute Gasteiger partial charge is 0.161 e. The fourth-order valence-corrected chi connectivity index (χ4v) is 2.64. The molecule has 2 aromatic rings. The Balaban J connectivity index is 2.22. The predicted octanol–water partition coefficient (Wildman–Crippen LogP) is 3.11. The highest BCUT2D eigenvalue weighted by Crippen LogP contribution is 2.40. The third kappa shape index (κ3) is 2.56. The fraction of sp³-hybridized carbons (Fsp3) is 0.267. The maximum atomic E-state index is 13.6. The van der Waals surface area contributed by atoms with Crippen molar-refractivity contribution in [2.45, 2.75) is 18.9 Å². The molecule has 1 fully saturated rings. The van der Waals surface area contributed by atoms with E-state index in [1.807, 2.05) is 10.8 Å². The molecule has 0 radical (unpaired) electrons. The molecular formula is C15H16F2N4S. The lowest BCUT2D eigenvalue weighted by atomic mass is 10.2. The van der Waals surface area contributed by atoms with Gasteiger partial charge in [-0.05, 0) is 25.2 Å². The summed E-state index contributed by atoms with van der Waals surface area (Å²) >= 11 is 1.39. The molecule has 3 rings (SSSR count). The van der Waals surface area contributed by atoms with Crippen molar-refractivity contribution in [3.8, 4) is 0 Å². The third-order valence-electron chi connectivity index (χ3n) is 3.61. The van der Waals surface area contributed by atoms with Gasteiger partial charge >= 0.3 is 0 Å². The summed E-state index contributed by atoms with van der Waals surface area (Å²) in [5, 5.41) is 0.587. The second-order valence-corrected chi connectivity index (χ2v) is 6.04. The van der Waals surface area contributed by atoms with Crippen molar-refractivity contribution in [1.82, 2.24) is 9.55 Å². The molecule has 0 bridgehead atoms. The molecule has 4 N–H and O–H groups in total. The van der Waals surface area contributed by atoms with Gasteiger partial charge in [-0.1, -0.05) is 0 Å². The number of halogens is 2. The lowest BCUT2D eigenvalue weighted by molar-refractivity contribution is 0.510. The van der Waals surface area contributed by atoms with Crippen LogP contribution in [0.25, 0.3) is 16.6 Å². The number of imidazole rings is 1. The molecule has 1 aromatic heterocycles. The van der Waals surface area contributed by atoms with Gasteiger partial charge in [0.1, 0.15) is 5.82 Å². The second-order valence-electron chi connectivity index (χ2n) is 5.16. The van der Waals surface area contributed by atoms with Gasteiger partial charge in [0.15, 0.2) is 11.6 Å². The number of fused-ring (bicyclic) bond motifs is 1. The molecule has 0 amide bonds. The highest BCUT2D eigenvalue weighted by molar-refractivity contribution is 8.02. The lowest BCUT2D eigenvalue weighted by Crippen LogP contribution is -2.03. The van der Waals surface area contributed by atoms with Gasteiger partial charge in [-0.15, -0.1) is 11.8 Å². The Bertz CT molecular complexity index is 790. The number of nitrogens with zero attached hydrogens (tertiary/aromatic N) is 2. The normalized spacial score (nSPS) is 16.5. The second kappa shape index (κ2) is 5.64. The molecule has 0 atom stereocenters. The lowest BCUT2D eigenvalue weighted by Gasteiger charge is -2.08. The Labute approximate surface area is 130 Å². The van der Waals surface area contributed by atoms with Gasteiger partial charge in [-0.3, -0.25) is 0 Å². The zero-order valence-electron chi connectivity index (χ0n) is 12.0. The monoisotopic (exact) mass is 322 g/mol. The molecule has 0 saturated heterocycles. The average molecular weight is 322 g/mol. The molecule has 0 spiro atoms. The summed E-state index contributed by atoms with van der Waals surface area (Å²) < 4.78 is 29.0. The first kappa shape index (κ1) is 14.9. The number of benzene rings is 1. The van der Waals surface area contributed by atoms with Crippen molar-refractivity contribution in [3.63, 3.8) is 0 Å². The number of thioether (sulfide) groups is 1. The average Bonchev–Trinajstić information content (AvgIpc) is 3.28. The molecular weight excluding hydrogens is 306 g/mol. The van der Waals surface area contributed by atoms with Crippen LogP contribution in [-0.4, -0.2) is 15.8 Å². The zero-order valence-corrected chi connectivity index (χ0v) is 12.8. The summed E-state index contributed by atoms with van der Waals surface area (Å²) in [5.74, 6) is -1.20. The first-order valence-corrected chi connectivity index (χ1v) is 8.08. The van der Waals surface area contributed by atoms with E-state index in [2.05, 4.69) is 4.98 Å². The summed E-state index contributed by atoms with van der Waals surface area (Å²) in [7, 11) is 0. The summed E-state index contributed by atoms with van der Waals surface area (Å²) in [6, 6.07) is 2.54. The molecule has 1 aliphatic carbocycles. The van der Waals surface area contributed by atoms with Gasteiger partial charge in [-0.2, -0.15) is 0 Å². The van der Waals surface area contributed by atoms with E-state index in [-0.39, 0.29) is 6.04 Å². The van der Waals surface area contributed by atoms with Gasteiger partial charge in [0, 0.05) is 29.9 Å². The van der Waals surface area contributed by atoms with Crippen molar-refractivity contribution in [1.29, 1.82) is 0 Å². The van der Waals surface area contributed by atoms with Crippen LogP contribution in [0.15, 0.2) is 29.4 Å². The number of hydrogen-bond donors (Lipinski definition) is 2. The Morgan fingerprint density at radius 3 is 2.64 bits per heavy atom. The molecule has 1 aliphatic rings. The SMILES string of the molecule is CS/C(N)=C/C(=C\N)c1nc2cc(F)c(F)cc2n1C1CC1. The standard InChI is InChI=1S/C15H16F2N4S/c1-22-14(19)4-8(7-18)15-20-12-5-10(16)11(17)6-13(12)21(15)9-2-3-9/h4-7,9H,2-3,18-19H2,1H3/b8-7+,14-4+. The van der Waals surface area contributed by atoms with Crippen LogP contribution in [0.1, 0.15) is 24.7 Å². The van der Waals surface area contributed by atoms with E-state index in [9.17, 15) is 8.78 Å². The van der Waals surface area contributed by atoms with Gasteiger partial charge in [0.25, 0.3) is 0 Å². The van der Waals surface area contributed by atoms with Crippen LogP contribution in [0, 0.1) is 11.6 Å².